The van der Waals surface area contributed by atoms with Crippen molar-refractivity contribution in [2.45, 2.75) is 31.7 Å². The maximum atomic E-state index is 9.77. The maximum Gasteiger partial charge on any atom is 0.173 e. The first-order valence-corrected chi connectivity index (χ1v) is 6.85. The van der Waals surface area contributed by atoms with Crippen LogP contribution in [0.15, 0.2) is 42.1 Å². The van der Waals surface area contributed by atoms with Gasteiger partial charge in [0.25, 0.3) is 0 Å². The molecule has 0 aliphatic carbocycles. The highest BCUT2D eigenvalue weighted by atomic mass is 35.5. The molecule has 0 amide bonds. The molecular weight excluding hydrogens is 272 g/mol. The summed E-state index contributed by atoms with van der Waals surface area (Å²) in [5, 5.41) is 16.0. The SMILES string of the molecule is C=CN(/N=C\N)C(C#N)(CCCC)c1ccc(Cl)cc1. The smallest absolute Gasteiger partial charge is 0.173 e. The lowest BCUT2D eigenvalue weighted by Gasteiger charge is -2.34. The summed E-state index contributed by atoms with van der Waals surface area (Å²) >= 11 is 5.92. The lowest BCUT2D eigenvalue weighted by Crippen LogP contribution is -2.39. The number of hydrogen-bond acceptors (Lipinski definition) is 3. The predicted molar refractivity (Wildman–Crippen MR) is 83.0 cm³/mol. The Kier molecular flexibility index (Phi) is 6.08. The zero-order chi connectivity index (χ0) is 15.0. The third-order valence-corrected chi connectivity index (χ3v) is 3.41. The molecular formula is C15H19ClN4. The van der Waals surface area contributed by atoms with Crippen LogP contribution in [0.4, 0.5) is 0 Å². The Morgan fingerprint density at radius 3 is 2.60 bits per heavy atom. The van der Waals surface area contributed by atoms with E-state index in [-0.39, 0.29) is 0 Å². The van der Waals surface area contributed by atoms with Gasteiger partial charge in [0.1, 0.15) is 6.34 Å². The van der Waals surface area contributed by atoms with Crippen LogP contribution in [0, 0.1) is 11.3 Å². The van der Waals surface area contributed by atoms with Gasteiger partial charge in [0.05, 0.1) is 6.07 Å². The van der Waals surface area contributed by atoms with E-state index in [1.54, 1.807) is 12.1 Å². The highest BCUT2D eigenvalue weighted by Crippen LogP contribution is 2.34. The van der Waals surface area contributed by atoms with Gasteiger partial charge in [-0.05, 0) is 30.5 Å². The first kappa shape index (κ1) is 16.1. The van der Waals surface area contributed by atoms with Crippen molar-refractivity contribution < 1.29 is 0 Å². The highest BCUT2D eigenvalue weighted by Gasteiger charge is 2.37. The minimum atomic E-state index is -0.918. The molecule has 20 heavy (non-hydrogen) atoms. The first-order valence-electron chi connectivity index (χ1n) is 6.48. The predicted octanol–water partition coefficient (Wildman–Crippen LogP) is 3.60. The number of nitrogens with two attached hydrogens (primary N) is 1. The molecule has 4 nitrogen and oxygen atoms in total. The lowest BCUT2D eigenvalue weighted by molar-refractivity contribution is 0.197. The van der Waals surface area contributed by atoms with Crippen LogP contribution in [0.5, 0.6) is 0 Å². The molecule has 0 spiro atoms. The summed E-state index contributed by atoms with van der Waals surface area (Å²) in [6.07, 6.45) is 5.17. The van der Waals surface area contributed by atoms with Crippen molar-refractivity contribution in [1.29, 1.82) is 5.26 Å². The van der Waals surface area contributed by atoms with E-state index in [1.807, 2.05) is 12.1 Å². The Morgan fingerprint density at radius 1 is 1.50 bits per heavy atom. The molecule has 0 fully saturated rings. The van der Waals surface area contributed by atoms with E-state index in [9.17, 15) is 5.26 Å². The molecule has 5 heteroatoms. The lowest BCUT2D eigenvalue weighted by atomic mass is 9.85. The Hall–Kier alpha value is -1.99. The topological polar surface area (TPSA) is 65.4 Å². The van der Waals surface area contributed by atoms with Crippen LogP contribution in [0.3, 0.4) is 0 Å². The van der Waals surface area contributed by atoms with E-state index in [2.05, 4.69) is 24.7 Å². The molecule has 0 aromatic heterocycles. The zero-order valence-corrected chi connectivity index (χ0v) is 12.3. The summed E-state index contributed by atoms with van der Waals surface area (Å²) in [4.78, 5) is 0. The summed E-state index contributed by atoms with van der Waals surface area (Å²) < 4.78 is 0. The van der Waals surface area contributed by atoms with Crippen molar-refractivity contribution in [1.82, 2.24) is 5.01 Å². The Bertz CT molecular complexity index is 504. The van der Waals surface area contributed by atoms with Crippen molar-refractivity contribution in [3.8, 4) is 6.07 Å². The van der Waals surface area contributed by atoms with E-state index >= 15 is 0 Å². The molecule has 0 radical (unpaired) electrons. The number of hydrogen-bond donors (Lipinski definition) is 1. The van der Waals surface area contributed by atoms with E-state index in [1.165, 1.54) is 11.2 Å². The van der Waals surface area contributed by atoms with E-state index in [4.69, 9.17) is 17.3 Å². The normalized spacial score (nSPS) is 13.7. The summed E-state index contributed by atoms with van der Waals surface area (Å²) in [6.45, 7) is 5.80. The van der Waals surface area contributed by atoms with E-state index < -0.39 is 5.54 Å². The monoisotopic (exact) mass is 290 g/mol. The second-order valence-electron chi connectivity index (χ2n) is 4.37. The molecule has 0 aliphatic rings. The van der Waals surface area contributed by atoms with Gasteiger partial charge in [-0.15, -0.1) is 0 Å². The molecule has 1 atom stereocenters. The Balaban J connectivity index is 3.34. The van der Waals surface area contributed by atoms with Crippen molar-refractivity contribution in [3.05, 3.63) is 47.6 Å². The number of unbranched alkanes of at least 4 members (excludes halogenated alkanes) is 1. The fraction of sp³-hybridized carbons (Fsp3) is 0.333. The molecule has 1 unspecified atom stereocenters. The summed E-state index contributed by atoms with van der Waals surface area (Å²) in [5.41, 5.74) is 5.28. The number of nitriles is 1. The van der Waals surface area contributed by atoms with Gasteiger partial charge in [0.15, 0.2) is 5.54 Å². The highest BCUT2D eigenvalue weighted by molar-refractivity contribution is 6.30. The third kappa shape index (κ3) is 3.31. The Morgan fingerprint density at radius 2 is 2.15 bits per heavy atom. The summed E-state index contributed by atoms with van der Waals surface area (Å²) in [7, 11) is 0. The maximum absolute atomic E-state index is 9.77. The van der Waals surface area contributed by atoms with E-state index in [0.29, 0.717) is 11.4 Å². The van der Waals surface area contributed by atoms with Crippen LogP contribution >= 0.6 is 11.6 Å². The van der Waals surface area contributed by atoms with E-state index in [0.717, 1.165) is 24.7 Å². The average Bonchev–Trinajstić information content (AvgIpc) is 2.48. The van der Waals surface area contributed by atoms with Crippen molar-refractivity contribution in [2.75, 3.05) is 0 Å². The quantitative estimate of drug-likeness (QED) is 0.474. The van der Waals surface area contributed by atoms with Crippen LogP contribution in [0.1, 0.15) is 31.7 Å². The van der Waals surface area contributed by atoms with Crippen LogP contribution in [0.25, 0.3) is 0 Å². The molecule has 2 N–H and O–H groups in total. The number of halogens is 1. The second-order valence-corrected chi connectivity index (χ2v) is 4.81. The van der Waals surface area contributed by atoms with Crippen LogP contribution < -0.4 is 5.73 Å². The second kappa shape index (κ2) is 7.56. The van der Waals surface area contributed by atoms with Gasteiger partial charge >= 0.3 is 0 Å². The minimum absolute atomic E-state index is 0.628. The molecule has 1 aromatic carbocycles. The van der Waals surface area contributed by atoms with Crippen LogP contribution in [0.2, 0.25) is 5.02 Å². The molecule has 0 aliphatic heterocycles. The van der Waals surface area contributed by atoms with Crippen LogP contribution in [-0.2, 0) is 5.54 Å². The molecule has 0 saturated carbocycles. The molecule has 106 valence electrons. The fourth-order valence-electron chi connectivity index (χ4n) is 2.09. The minimum Gasteiger partial charge on any atom is -0.388 e. The molecule has 0 saturated heterocycles. The van der Waals surface area contributed by atoms with Crippen molar-refractivity contribution in [3.63, 3.8) is 0 Å². The molecule has 0 heterocycles. The number of benzene rings is 1. The molecule has 0 bridgehead atoms. The molecule has 1 aromatic rings. The van der Waals surface area contributed by atoms with Gasteiger partial charge in [-0.2, -0.15) is 10.4 Å². The largest absolute Gasteiger partial charge is 0.388 e. The Labute approximate surface area is 125 Å². The van der Waals surface area contributed by atoms with Gasteiger partial charge in [0.2, 0.25) is 0 Å². The van der Waals surface area contributed by atoms with Gasteiger partial charge in [-0.3, -0.25) is 0 Å². The van der Waals surface area contributed by atoms with Gasteiger partial charge in [-0.1, -0.05) is 43.7 Å². The first-order chi connectivity index (χ1) is 9.64. The molecule has 1 rings (SSSR count). The summed E-state index contributed by atoms with van der Waals surface area (Å²) in [5.74, 6) is 0. The fourth-order valence-corrected chi connectivity index (χ4v) is 2.22. The van der Waals surface area contributed by atoms with Gasteiger partial charge in [0, 0.05) is 11.2 Å². The average molecular weight is 291 g/mol. The van der Waals surface area contributed by atoms with Gasteiger partial charge in [-0.25, -0.2) is 5.01 Å². The third-order valence-electron chi connectivity index (χ3n) is 3.15. The standard InChI is InChI=1S/C15H19ClN4/c1-3-5-10-15(11-17,20(4-2)19-12-18)13-6-8-14(16)9-7-13/h4,6-9,12H,2-3,5,10H2,1H3,(H2,18,19). The number of nitrogens with zero attached hydrogens (tertiary/aromatic N) is 3. The van der Waals surface area contributed by atoms with Gasteiger partial charge < -0.3 is 5.73 Å². The number of rotatable bonds is 7. The van der Waals surface area contributed by atoms with Crippen LogP contribution in [-0.4, -0.2) is 11.3 Å². The summed E-state index contributed by atoms with van der Waals surface area (Å²) in [6, 6.07) is 9.57. The van der Waals surface area contributed by atoms with Crippen molar-refractivity contribution >= 4 is 17.9 Å². The van der Waals surface area contributed by atoms with Crippen molar-refractivity contribution in [2.24, 2.45) is 10.8 Å². The number of hydrazone groups is 1. The zero-order valence-electron chi connectivity index (χ0n) is 11.6.